The highest BCUT2D eigenvalue weighted by Crippen LogP contribution is 2.10. The molecule has 0 radical (unpaired) electrons. The lowest BCUT2D eigenvalue weighted by atomic mass is 10.4. The van der Waals surface area contributed by atoms with Crippen LogP contribution in [0, 0.1) is 0 Å². The second-order valence-corrected chi connectivity index (χ2v) is 4.62. The molecule has 8 nitrogen and oxygen atoms in total. The van der Waals surface area contributed by atoms with Crippen LogP contribution in [-0.4, -0.2) is 39.9 Å². The first kappa shape index (κ1) is 14.9. The maximum absolute atomic E-state index is 12.0. The Labute approximate surface area is 122 Å². The minimum atomic E-state index is -0.673. The maximum atomic E-state index is 12.0. The molecule has 0 unspecified atom stereocenters. The Bertz CT molecular complexity index is 527. The summed E-state index contributed by atoms with van der Waals surface area (Å²) in [6.45, 7) is 1.47. The van der Waals surface area contributed by atoms with Gasteiger partial charge in [0, 0.05) is 31.6 Å². The smallest absolute Gasteiger partial charge is 0.339 e. The SMILES string of the molecule is NN(/C=C/C(=O)N1CCCC1)C(=O)N(N)c1cccnc1. The van der Waals surface area contributed by atoms with Gasteiger partial charge in [-0.3, -0.25) is 9.78 Å². The molecule has 3 amide bonds. The number of urea groups is 1. The summed E-state index contributed by atoms with van der Waals surface area (Å²) >= 11 is 0. The number of likely N-dealkylation sites (tertiary alicyclic amines) is 1. The number of nitrogens with two attached hydrogens (primary N) is 2. The van der Waals surface area contributed by atoms with Crippen molar-refractivity contribution < 1.29 is 9.59 Å². The molecule has 1 fully saturated rings. The van der Waals surface area contributed by atoms with Crippen molar-refractivity contribution in [1.82, 2.24) is 14.9 Å². The number of hydrogen-bond acceptors (Lipinski definition) is 5. The quantitative estimate of drug-likeness (QED) is 0.357. The third-order valence-electron chi connectivity index (χ3n) is 3.15. The zero-order chi connectivity index (χ0) is 15.2. The lowest BCUT2D eigenvalue weighted by Crippen LogP contribution is -2.48. The van der Waals surface area contributed by atoms with E-state index in [0.717, 1.165) is 35.9 Å². The van der Waals surface area contributed by atoms with Crippen molar-refractivity contribution in [3.63, 3.8) is 0 Å². The number of anilines is 1. The summed E-state index contributed by atoms with van der Waals surface area (Å²) < 4.78 is 0. The van der Waals surface area contributed by atoms with Gasteiger partial charge in [0.15, 0.2) is 0 Å². The normalized spacial score (nSPS) is 14.5. The van der Waals surface area contributed by atoms with Gasteiger partial charge in [-0.1, -0.05) is 0 Å². The van der Waals surface area contributed by atoms with Gasteiger partial charge < -0.3 is 4.90 Å². The zero-order valence-corrected chi connectivity index (χ0v) is 11.6. The molecule has 0 atom stereocenters. The van der Waals surface area contributed by atoms with E-state index in [1.165, 1.54) is 18.5 Å². The van der Waals surface area contributed by atoms with Crippen molar-refractivity contribution >= 4 is 17.6 Å². The molecule has 1 aromatic heterocycles. The van der Waals surface area contributed by atoms with E-state index in [0.29, 0.717) is 5.69 Å². The highest BCUT2D eigenvalue weighted by atomic mass is 16.2. The number of aromatic nitrogens is 1. The molecule has 4 N–H and O–H groups in total. The van der Waals surface area contributed by atoms with Crippen LogP contribution in [0.2, 0.25) is 0 Å². The molecule has 0 aliphatic carbocycles. The van der Waals surface area contributed by atoms with E-state index >= 15 is 0 Å². The first-order valence-electron chi connectivity index (χ1n) is 6.59. The molecule has 1 aromatic rings. The second-order valence-electron chi connectivity index (χ2n) is 4.62. The van der Waals surface area contributed by atoms with Crippen LogP contribution in [0.5, 0.6) is 0 Å². The van der Waals surface area contributed by atoms with Crippen LogP contribution in [0.3, 0.4) is 0 Å². The highest BCUT2D eigenvalue weighted by molar-refractivity contribution is 5.92. The highest BCUT2D eigenvalue weighted by Gasteiger charge is 2.18. The van der Waals surface area contributed by atoms with Gasteiger partial charge in [-0.2, -0.15) is 0 Å². The van der Waals surface area contributed by atoms with Gasteiger partial charge >= 0.3 is 6.03 Å². The minimum Gasteiger partial charge on any atom is -0.339 e. The van der Waals surface area contributed by atoms with Gasteiger partial charge in [0.2, 0.25) is 5.91 Å². The molecule has 0 bridgehead atoms. The number of nitrogens with zero attached hydrogens (tertiary/aromatic N) is 4. The van der Waals surface area contributed by atoms with Crippen molar-refractivity contribution in [2.75, 3.05) is 18.1 Å². The molecule has 0 saturated carbocycles. The van der Waals surface area contributed by atoms with E-state index in [4.69, 9.17) is 11.7 Å². The Morgan fingerprint density at radius 1 is 1.29 bits per heavy atom. The van der Waals surface area contributed by atoms with Gasteiger partial charge in [-0.05, 0) is 25.0 Å². The van der Waals surface area contributed by atoms with Crippen molar-refractivity contribution in [3.05, 3.63) is 36.8 Å². The lowest BCUT2D eigenvalue weighted by Gasteiger charge is -2.21. The fourth-order valence-corrected chi connectivity index (χ4v) is 1.98. The molecule has 1 aliphatic rings. The Kier molecular flexibility index (Phi) is 4.85. The number of rotatable bonds is 3. The minimum absolute atomic E-state index is 0.166. The maximum Gasteiger partial charge on any atom is 0.357 e. The average Bonchev–Trinajstić information content (AvgIpc) is 3.06. The van der Waals surface area contributed by atoms with E-state index < -0.39 is 6.03 Å². The molecule has 1 aliphatic heterocycles. The monoisotopic (exact) mass is 290 g/mol. The topological polar surface area (TPSA) is 109 Å². The number of carbonyl (C=O) groups is 2. The van der Waals surface area contributed by atoms with Crippen LogP contribution in [0.15, 0.2) is 36.8 Å². The van der Waals surface area contributed by atoms with Crippen molar-refractivity contribution in [3.8, 4) is 0 Å². The molecule has 2 heterocycles. The van der Waals surface area contributed by atoms with E-state index in [1.54, 1.807) is 23.2 Å². The van der Waals surface area contributed by atoms with Gasteiger partial charge in [0.05, 0.1) is 11.9 Å². The van der Waals surface area contributed by atoms with Gasteiger partial charge in [0.25, 0.3) is 0 Å². The van der Waals surface area contributed by atoms with Crippen LogP contribution in [0.4, 0.5) is 10.5 Å². The van der Waals surface area contributed by atoms with Crippen LogP contribution in [0.1, 0.15) is 12.8 Å². The average molecular weight is 290 g/mol. The third kappa shape index (κ3) is 3.77. The summed E-state index contributed by atoms with van der Waals surface area (Å²) in [6.07, 6.45) is 7.48. The van der Waals surface area contributed by atoms with E-state index in [1.807, 2.05) is 0 Å². The predicted molar refractivity (Wildman–Crippen MR) is 77.3 cm³/mol. The van der Waals surface area contributed by atoms with Crippen LogP contribution in [-0.2, 0) is 4.79 Å². The number of amides is 3. The molecule has 0 spiro atoms. The lowest BCUT2D eigenvalue weighted by molar-refractivity contribution is -0.125. The summed E-state index contributed by atoms with van der Waals surface area (Å²) in [6, 6.07) is 2.60. The summed E-state index contributed by atoms with van der Waals surface area (Å²) in [4.78, 5) is 29.3. The molecule has 1 saturated heterocycles. The third-order valence-corrected chi connectivity index (χ3v) is 3.15. The largest absolute Gasteiger partial charge is 0.357 e. The molecule has 2 rings (SSSR count). The van der Waals surface area contributed by atoms with Crippen LogP contribution in [0.25, 0.3) is 0 Å². The standard InChI is InChI=1S/C13H18N6O2/c14-18(9-5-12(20)17-7-1-2-8-17)13(21)19(15)11-4-3-6-16-10-11/h3-6,9-10H,1-2,7-8,14-15H2/b9-5+. The Morgan fingerprint density at radius 3 is 2.62 bits per heavy atom. The molecule has 21 heavy (non-hydrogen) atoms. The Morgan fingerprint density at radius 2 is 2.00 bits per heavy atom. The molecule has 0 aromatic carbocycles. The summed E-state index contributed by atoms with van der Waals surface area (Å²) in [7, 11) is 0. The molecule has 112 valence electrons. The summed E-state index contributed by atoms with van der Waals surface area (Å²) in [5, 5.41) is 1.62. The number of hydrazine groups is 2. The second kappa shape index (κ2) is 6.82. The Hall–Kier alpha value is -2.45. The zero-order valence-electron chi connectivity index (χ0n) is 11.6. The van der Waals surface area contributed by atoms with Crippen LogP contribution < -0.4 is 16.7 Å². The molecule has 8 heteroatoms. The fraction of sp³-hybridized carbons (Fsp3) is 0.308. The van der Waals surface area contributed by atoms with Crippen LogP contribution >= 0.6 is 0 Å². The fourth-order valence-electron chi connectivity index (χ4n) is 1.98. The van der Waals surface area contributed by atoms with Gasteiger partial charge in [-0.15, -0.1) is 0 Å². The molecular formula is C13H18N6O2. The summed E-state index contributed by atoms with van der Waals surface area (Å²) in [5.74, 6) is 11.1. The first-order chi connectivity index (χ1) is 10.1. The van der Waals surface area contributed by atoms with Crippen molar-refractivity contribution in [2.45, 2.75) is 12.8 Å². The van der Waals surface area contributed by atoms with Crippen molar-refractivity contribution in [1.29, 1.82) is 0 Å². The van der Waals surface area contributed by atoms with E-state index in [-0.39, 0.29) is 5.91 Å². The van der Waals surface area contributed by atoms with E-state index in [2.05, 4.69) is 4.98 Å². The predicted octanol–water partition coefficient (Wildman–Crippen LogP) is 0.194. The molecular weight excluding hydrogens is 272 g/mol. The first-order valence-corrected chi connectivity index (χ1v) is 6.59. The number of pyridine rings is 1. The van der Waals surface area contributed by atoms with Gasteiger partial charge in [0.1, 0.15) is 0 Å². The van der Waals surface area contributed by atoms with Gasteiger partial charge in [-0.25, -0.2) is 26.5 Å². The Balaban J connectivity index is 1.94. The van der Waals surface area contributed by atoms with Crippen molar-refractivity contribution in [2.24, 2.45) is 11.7 Å². The van der Waals surface area contributed by atoms with E-state index in [9.17, 15) is 9.59 Å². The summed E-state index contributed by atoms with van der Waals surface area (Å²) in [5.41, 5.74) is 0.400. The number of carbonyl (C=O) groups excluding carboxylic acids is 2. The number of hydrogen-bond donors (Lipinski definition) is 2.